The number of ether oxygens (including phenoxy) is 1. The average Bonchev–Trinajstić information content (AvgIpc) is 2.36. The first-order valence-electron chi connectivity index (χ1n) is 5.77. The predicted molar refractivity (Wildman–Crippen MR) is 69.4 cm³/mol. The molecule has 1 aromatic rings. The van der Waals surface area contributed by atoms with Gasteiger partial charge in [-0.25, -0.2) is 0 Å². The molecule has 0 aliphatic rings. The van der Waals surface area contributed by atoms with Gasteiger partial charge in [-0.2, -0.15) is 0 Å². The van der Waals surface area contributed by atoms with Crippen molar-refractivity contribution in [2.45, 2.75) is 6.92 Å². The number of anilines is 1. The number of methoxy groups -OCH3 is 1. The number of nitrogens with one attached hydrogen (secondary N) is 1. The van der Waals surface area contributed by atoms with E-state index in [9.17, 15) is 4.79 Å². The SMILES string of the molecule is CCNc1ccc(C(=O)N(C)CCOC)cc1. The fourth-order valence-corrected chi connectivity index (χ4v) is 1.48. The molecule has 0 atom stereocenters. The number of benzene rings is 1. The van der Waals surface area contributed by atoms with E-state index >= 15 is 0 Å². The Hall–Kier alpha value is -1.55. The third-order valence-corrected chi connectivity index (χ3v) is 2.49. The third kappa shape index (κ3) is 4.07. The molecule has 4 heteroatoms. The van der Waals surface area contributed by atoms with Crippen molar-refractivity contribution in [2.24, 2.45) is 0 Å². The molecular formula is C13H20N2O2. The Kier molecular flexibility index (Phi) is 5.49. The lowest BCUT2D eigenvalue weighted by molar-refractivity contribution is 0.0744. The molecule has 1 N–H and O–H groups in total. The molecule has 0 spiro atoms. The monoisotopic (exact) mass is 236 g/mol. The van der Waals surface area contributed by atoms with Gasteiger partial charge in [0.15, 0.2) is 0 Å². The molecule has 1 aromatic carbocycles. The maximum atomic E-state index is 12.0. The number of hydrogen-bond acceptors (Lipinski definition) is 3. The van der Waals surface area contributed by atoms with E-state index in [1.54, 1.807) is 19.1 Å². The fraction of sp³-hybridized carbons (Fsp3) is 0.462. The molecule has 0 bridgehead atoms. The quantitative estimate of drug-likeness (QED) is 0.819. The Balaban J connectivity index is 2.62. The van der Waals surface area contributed by atoms with Gasteiger partial charge in [0.2, 0.25) is 0 Å². The van der Waals surface area contributed by atoms with Crippen LogP contribution in [0.25, 0.3) is 0 Å². The van der Waals surface area contributed by atoms with Gasteiger partial charge >= 0.3 is 0 Å². The smallest absolute Gasteiger partial charge is 0.253 e. The van der Waals surface area contributed by atoms with Crippen LogP contribution in [0.1, 0.15) is 17.3 Å². The van der Waals surface area contributed by atoms with E-state index in [0.717, 1.165) is 12.2 Å². The zero-order valence-electron chi connectivity index (χ0n) is 10.7. The van der Waals surface area contributed by atoms with Crippen molar-refractivity contribution in [2.75, 3.05) is 39.2 Å². The fourth-order valence-electron chi connectivity index (χ4n) is 1.48. The van der Waals surface area contributed by atoms with Gasteiger partial charge in [0.05, 0.1) is 6.61 Å². The molecule has 0 heterocycles. The highest BCUT2D eigenvalue weighted by atomic mass is 16.5. The molecule has 0 aromatic heterocycles. The highest BCUT2D eigenvalue weighted by Gasteiger charge is 2.10. The first-order valence-corrected chi connectivity index (χ1v) is 5.77. The molecule has 17 heavy (non-hydrogen) atoms. The van der Waals surface area contributed by atoms with Crippen LogP contribution in [0.4, 0.5) is 5.69 Å². The van der Waals surface area contributed by atoms with Gasteiger partial charge in [-0.15, -0.1) is 0 Å². The van der Waals surface area contributed by atoms with Crippen molar-refractivity contribution >= 4 is 11.6 Å². The van der Waals surface area contributed by atoms with E-state index in [1.165, 1.54) is 0 Å². The number of rotatable bonds is 6. The van der Waals surface area contributed by atoms with Crippen LogP contribution in [0.15, 0.2) is 24.3 Å². The van der Waals surface area contributed by atoms with Gasteiger partial charge in [0.25, 0.3) is 5.91 Å². The maximum Gasteiger partial charge on any atom is 0.253 e. The first kappa shape index (κ1) is 13.5. The van der Waals surface area contributed by atoms with E-state index in [1.807, 2.05) is 31.2 Å². The zero-order valence-corrected chi connectivity index (χ0v) is 10.7. The molecule has 0 unspecified atom stereocenters. The summed E-state index contributed by atoms with van der Waals surface area (Å²) in [5, 5.41) is 3.19. The van der Waals surface area contributed by atoms with Crippen molar-refractivity contribution in [3.8, 4) is 0 Å². The number of nitrogens with zero attached hydrogens (tertiary/aromatic N) is 1. The van der Waals surface area contributed by atoms with Crippen LogP contribution < -0.4 is 5.32 Å². The van der Waals surface area contributed by atoms with Gasteiger partial charge < -0.3 is 15.0 Å². The molecule has 0 saturated carbocycles. The highest BCUT2D eigenvalue weighted by Crippen LogP contribution is 2.10. The molecule has 0 aliphatic carbocycles. The molecule has 4 nitrogen and oxygen atoms in total. The van der Waals surface area contributed by atoms with E-state index in [4.69, 9.17) is 4.74 Å². The predicted octanol–water partition coefficient (Wildman–Crippen LogP) is 1.84. The Bertz CT molecular complexity index is 349. The Morgan fingerprint density at radius 1 is 1.35 bits per heavy atom. The summed E-state index contributed by atoms with van der Waals surface area (Å²) >= 11 is 0. The summed E-state index contributed by atoms with van der Waals surface area (Å²) in [6.07, 6.45) is 0. The van der Waals surface area contributed by atoms with Crippen molar-refractivity contribution in [3.05, 3.63) is 29.8 Å². The normalized spacial score (nSPS) is 10.1. The van der Waals surface area contributed by atoms with E-state index < -0.39 is 0 Å². The second kappa shape index (κ2) is 6.91. The minimum absolute atomic E-state index is 0.0186. The molecular weight excluding hydrogens is 216 g/mol. The number of amides is 1. The lowest BCUT2D eigenvalue weighted by Crippen LogP contribution is -2.29. The van der Waals surface area contributed by atoms with Crippen molar-refractivity contribution in [1.82, 2.24) is 4.90 Å². The van der Waals surface area contributed by atoms with Gasteiger partial charge in [0, 0.05) is 38.5 Å². The summed E-state index contributed by atoms with van der Waals surface area (Å²) in [4.78, 5) is 13.6. The molecule has 1 rings (SSSR count). The van der Waals surface area contributed by atoms with Crippen molar-refractivity contribution in [3.63, 3.8) is 0 Å². The maximum absolute atomic E-state index is 12.0. The molecule has 94 valence electrons. The molecule has 1 amide bonds. The Morgan fingerprint density at radius 2 is 2.00 bits per heavy atom. The summed E-state index contributed by atoms with van der Waals surface area (Å²) in [5.74, 6) is 0.0186. The molecule has 0 saturated heterocycles. The second-order valence-electron chi connectivity index (χ2n) is 3.83. The van der Waals surface area contributed by atoms with Crippen LogP contribution in [0.2, 0.25) is 0 Å². The largest absolute Gasteiger partial charge is 0.385 e. The number of hydrogen-bond donors (Lipinski definition) is 1. The van der Waals surface area contributed by atoms with Crippen LogP contribution in [0.3, 0.4) is 0 Å². The van der Waals surface area contributed by atoms with Crippen molar-refractivity contribution < 1.29 is 9.53 Å². The summed E-state index contributed by atoms with van der Waals surface area (Å²) in [7, 11) is 3.41. The van der Waals surface area contributed by atoms with Gasteiger partial charge in [-0.3, -0.25) is 4.79 Å². The lowest BCUT2D eigenvalue weighted by atomic mass is 10.2. The molecule has 0 fully saturated rings. The Labute approximate surface area is 103 Å². The van der Waals surface area contributed by atoms with Crippen LogP contribution in [-0.4, -0.2) is 44.7 Å². The Morgan fingerprint density at radius 3 is 2.53 bits per heavy atom. The summed E-state index contributed by atoms with van der Waals surface area (Å²) in [6.45, 7) is 4.07. The third-order valence-electron chi connectivity index (χ3n) is 2.49. The van der Waals surface area contributed by atoms with E-state index in [2.05, 4.69) is 5.32 Å². The number of likely N-dealkylation sites (N-methyl/N-ethyl adjacent to an activating group) is 1. The topological polar surface area (TPSA) is 41.6 Å². The van der Waals surface area contributed by atoms with Crippen LogP contribution in [0, 0.1) is 0 Å². The van der Waals surface area contributed by atoms with Gasteiger partial charge in [-0.05, 0) is 31.2 Å². The zero-order chi connectivity index (χ0) is 12.7. The summed E-state index contributed by atoms with van der Waals surface area (Å²) < 4.78 is 4.95. The summed E-state index contributed by atoms with van der Waals surface area (Å²) in [5.41, 5.74) is 1.73. The van der Waals surface area contributed by atoms with E-state index in [0.29, 0.717) is 18.7 Å². The highest BCUT2D eigenvalue weighted by molar-refractivity contribution is 5.94. The van der Waals surface area contributed by atoms with Crippen LogP contribution in [0.5, 0.6) is 0 Å². The minimum atomic E-state index is 0.0186. The van der Waals surface area contributed by atoms with E-state index in [-0.39, 0.29) is 5.91 Å². The van der Waals surface area contributed by atoms with Crippen molar-refractivity contribution in [1.29, 1.82) is 0 Å². The van der Waals surface area contributed by atoms with Crippen LogP contribution >= 0.6 is 0 Å². The first-order chi connectivity index (χ1) is 8.19. The lowest BCUT2D eigenvalue weighted by Gasteiger charge is -2.16. The molecule has 0 aliphatic heterocycles. The van der Waals surface area contributed by atoms with Gasteiger partial charge in [-0.1, -0.05) is 0 Å². The number of carbonyl (C=O) groups excluding carboxylic acids is 1. The standard InChI is InChI=1S/C13H20N2O2/c1-4-14-12-7-5-11(6-8-12)13(16)15(2)9-10-17-3/h5-8,14H,4,9-10H2,1-3H3. The summed E-state index contributed by atoms with van der Waals surface area (Å²) in [6, 6.07) is 7.51. The number of carbonyl (C=O) groups is 1. The van der Waals surface area contributed by atoms with Crippen LogP contribution in [-0.2, 0) is 4.74 Å². The second-order valence-corrected chi connectivity index (χ2v) is 3.83. The minimum Gasteiger partial charge on any atom is -0.385 e. The van der Waals surface area contributed by atoms with Gasteiger partial charge in [0.1, 0.15) is 0 Å². The average molecular weight is 236 g/mol. The molecule has 0 radical (unpaired) electrons.